The van der Waals surface area contributed by atoms with E-state index in [1.54, 1.807) is 18.2 Å². The molecule has 0 amide bonds. The van der Waals surface area contributed by atoms with Crippen LogP contribution < -0.4 is 4.72 Å². The number of sulfonamides is 1. The molecule has 2 N–H and O–H groups in total. The molecule has 0 heterocycles. The van der Waals surface area contributed by atoms with Gasteiger partial charge in [-0.3, -0.25) is 0 Å². The highest BCUT2D eigenvalue weighted by Crippen LogP contribution is 2.12. The number of halogens is 1. The van der Waals surface area contributed by atoms with Crippen LogP contribution in [0.5, 0.6) is 0 Å². The number of benzene rings is 2. The van der Waals surface area contributed by atoms with Crippen LogP contribution in [0.3, 0.4) is 0 Å². The summed E-state index contributed by atoms with van der Waals surface area (Å²) in [5.74, 6) is -1.44. The maximum Gasteiger partial charge on any atom is 0.335 e. The molecule has 2 aromatic rings. The van der Waals surface area contributed by atoms with Crippen LogP contribution in [0, 0.1) is 5.82 Å². The Labute approximate surface area is 140 Å². The van der Waals surface area contributed by atoms with E-state index in [-0.39, 0.29) is 22.8 Å². The van der Waals surface area contributed by atoms with E-state index in [0.717, 1.165) is 6.07 Å². The summed E-state index contributed by atoms with van der Waals surface area (Å²) in [6.45, 7) is 0.202. The Kier molecular flexibility index (Phi) is 6.05. The second kappa shape index (κ2) is 8.03. The number of aryl methyl sites for hydroxylation is 1. The fourth-order valence-electron chi connectivity index (χ4n) is 2.23. The van der Waals surface area contributed by atoms with Gasteiger partial charge in [0, 0.05) is 6.54 Å². The third kappa shape index (κ3) is 4.87. The van der Waals surface area contributed by atoms with Gasteiger partial charge in [-0.2, -0.15) is 0 Å². The molecule has 0 saturated heterocycles. The number of hydrogen-bond acceptors (Lipinski definition) is 3. The second-order valence-electron chi connectivity index (χ2n) is 5.28. The van der Waals surface area contributed by atoms with Gasteiger partial charge in [0.1, 0.15) is 5.82 Å². The topological polar surface area (TPSA) is 83.5 Å². The van der Waals surface area contributed by atoms with Gasteiger partial charge < -0.3 is 5.11 Å². The molecular formula is C17H18FNO4S. The van der Waals surface area contributed by atoms with Gasteiger partial charge >= 0.3 is 5.97 Å². The van der Waals surface area contributed by atoms with Crippen molar-refractivity contribution in [2.75, 3.05) is 6.54 Å². The first kappa shape index (κ1) is 18.1. The molecule has 2 aromatic carbocycles. The number of unbranched alkanes of at least 4 members (excludes halogenated alkanes) is 1. The van der Waals surface area contributed by atoms with E-state index in [1.165, 1.54) is 24.3 Å². The number of hydrogen-bond donors (Lipinski definition) is 2. The van der Waals surface area contributed by atoms with Crippen LogP contribution in [-0.4, -0.2) is 26.0 Å². The highest BCUT2D eigenvalue weighted by molar-refractivity contribution is 7.89. The third-order valence-corrected chi connectivity index (χ3v) is 4.97. The van der Waals surface area contributed by atoms with Gasteiger partial charge in [-0.05, 0) is 49.1 Å². The minimum absolute atomic E-state index is 0.0857. The van der Waals surface area contributed by atoms with Crippen molar-refractivity contribution in [3.05, 3.63) is 65.5 Å². The Hall–Kier alpha value is -2.25. The zero-order valence-electron chi connectivity index (χ0n) is 12.9. The molecule has 7 heteroatoms. The van der Waals surface area contributed by atoms with E-state index in [1.807, 2.05) is 0 Å². The van der Waals surface area contributed by atoms with Crippen molar-refractivity contribution in [2.45, 2.75) is 24.2 Å². The number of carbonyl (C=O) groups is 1. The Morgan fingerprint density at radius 3 is 2.54 bits per heavy atom. The number of rotatable bonds is 8. The maximum absolute atomic E-state index is 13.5. The molecule has 24 heavy (non-hydrogen) atoms. The number of carboxylic acid groups (broad SMARTS) is 1. The molecule has 0 radical (unpaired) electrons. The van der Waals surface area contributed by atoms with Crippen molar-refractivity contribution in [2.24, 2.45) is 0 Å². The second-order valence-corrected chi connectivity index (χ2v) is 7.05. The summed E-state index contributed by atoms with van der Waals surface area (Å²) in [6.07, 6.45) is 1.72. The molecule has 2 rings (SSSR count). The molecule has 0 bridgehead atoms. The van der Waals surface area contributed by atoms with Crippen molar-refractivity contribution < 1.29 is 22.7 Å². The summed E-state index contributed by atoms with van der Waals surface area (Å²) < 4.78 is 40.1. The molecule has 5 nitrogen and oxygen atoms in total. The molecular weight excluding hydrogens is 333 g/mol. The zero-order chi connectivity index (χ0) is 17.6. The van der Waals surface area contributed by atoms with Crippen molar-refractivity contribution in [1.29, 1.82) is 0 Å². The summed E-state index contributed by atoms with van der Waals surface area (Å²) >= 11 is 0. The van der Waals surface area contributed by atoms with Crippen molar-refractivity contribution >= 4 is 16.0 Å². The Morgan fingerprint density at radius 2 is 1.83 bits per heavy atom. The molecule has 0 unspecified atom stereocenters. The first-order valence-corrected chi connectivity index (χ1v) is 8.95. The standard InChI is InChI=1S/C17H18FNO4S/c18-16-10-2-1-6-13(16)7-3-4-11-19-24(22,23)15-9-5-8-14(12-15)17(20)21/h1-2,5-6,8-10,12,19H,3-4,7,11H2,(H,20,21). The smallest absolute Gasteiger partial charge is 0.335 e. The van der Waals surface area contributed by atoms with E-state index < -0.39 is 16.0 Å². The van der Waals surface area contributed by atoms with Crippen LogP contribution in [0.4, 0.5) is 4.39 Å². The molecule has 0 spiro atoms. The van der Waals surface area contributed by atoms with Gasteiger partial charge in [-0.25, -0.2) is 22.3 Å². The minimum Gasteiger partial charge on any atom is -0.478 e. The lowest BCUT2D eigenvalue weighted by atomic mass is 10.1. The largest absolute Gasteiger partial charge is 0.478 e. The minimum atomic E-state index is -3.76. The Morgan fingerprint density at radius 1 is 1.08 bits per heavy atom. The molecule has 0 saturated carbocycles. The van der Waals surface area contributed by atoms with Crippen LogP contribution in [0.1, 0.15) is 28.8 Å². The van der Waals surface area contributed by atoms with E-state index in [0.29, 0.717) is 24.8 Å². The van der Waals surface area contributed by atoms with E-state index in [2.05, 4.69) is 4.72 Å². The molecule has 0 aliphatic rings. The first-order chi connectivity index (χ1) is 11.4. The molecule has 0 atom stereocenters. The molecule has 0 aliphatic carbocycles. The van der Waals surface area contributed by atoms with E-state index in [4.69, 9.17) is 5.11 Å². The van der Waals surface area contributed by atoms with Crippen molar-refractivity contribution in [3.63, 3.8) is 0 Å². The molecule has 0 fully saturated rings. The number of carboxylic acids is 1. The summed E-state index contributed by atoms with van der Waals surface area (Å²) in [5.41, 5.74) is 0.520. The van der Waals surface area contributed by atoms with E-state index >= 15 is 0 Å². The quantitative estimate of drug-likeness (QED) is 0.717. The number of aromatic carboxylic acids is 1. The van der Waals surface area contributed by atoms with Crippen LogP contribution in [0.25, 0.3) is 0 Å². The predicted molar refractivity (Wildman–Crippen MR) is 87.9 cm³/mol. The average Bonchev–Trinajstić information content (AvgIpc) is 2.56. The highest BCUT2D eigenvalue weighted by atomic mass is 32.2. The average molecular weight is 351 g/mol. The lowest BCUT2D eigenvalue weighted by molar-refractivity contribution is 0.0696. The summed E-state index contributed by atoms with van der Waals surface area (Å²) in [5, 5.41) is 8.91. The van der Waals surface area contributed by atoms with Gasteiger partial charge in [-0.15, -0.1) is 0 Å². The van der Waals surface area contributed by atoms with Gasteiger partial charge in [-0.1, -0.05) is 24.3 Å². The summed E-state index contributed by atoms with van der Waals surface area (Å²) in [6, 6.07) is 11.7. The Balaban J connectivity index is 1.86. The predicted octanol–water partition coefficient (Wildman–Crippen LogP) is 2.83. The molecule has 0 aliphatic heterocycles. The normalized spacial score (nSPS) is 11.4. The fraction of sp³-hybridized carbons (Fsp3) is 0.235. The van der Waals surface area contributed by atoms with Crippen LogP contribution >= 0.6 is 0 Å². The van der Waals surface area contributed by atoms with Crippen molar-refractivity contribution in [3.8, 4) is 0 Å². The highest BCUT2D eigenvalue weighted by Gasteiger charge is 2.15. The van der Waals surface area contributed by atoms with Gasteiger partial charge in [0.05, 0.1) is 10.5 Å². The fourth-order valence-corrected chi connectivity index (χ4v) is 3.35. The number of nitrogens with one attached hydrogen (secondary N) is 1. The summed E-state index contributed by atoms with van der Waals surface area (Å²) in [4.78, 5) is 10.8. The molecule has 128 valence electrons. The monoisotopic (exact) mass is 351 g/mol. The van der Waals surface area contributed by atoms with Gasteiger partial charge in [0.25, 0.3) is 0 Å². The van der Waals surface area contributed by atoms with Crippen molar-refractivity contribution in [1.82, 2.24) is 4.72 Å². The lowest BCUT2D eigenvalue weighted by Crippen LogP contribution is -2.25. The van der Waals surface area contributed by atoms with Gasteiger partial charge in [0.2, 0.25) is 10.0 Å². The lowest BCUT2D eigenvalue weighted by Gasteiger charge is -2.08. The molecule has 0 aromatic heterocycles. The summed E-state index contributed by atoms with van der Waals surface area (Å²) in [7, 11) is -3.76. The third-order valence-electron chi connectivity index (χ3n) is 3.51. The van der Waals surface area contributed by atoms with Crippen LogP contribution in [-0.2, 0) is 16.4 Å². The maximum atomic E-state index is 13.5. The first-order valence-electron chi connectivity index (χ1n) is 7.46. The van der Waals surface area contributed by atoms with Gasteiger partial charge in [0.15, 0.2) is 0 Å². The van der Waals surface area contributed by atoms with Crippen LogP contribution in [0.2, 0.25) is 0 Å². The Bertz CT molecular complexity index is 821. The van der Waals surface area contributed by atoms with Crippen LogP contribution in [0.15, 0.2) is 53.4 Å². The zero-order valence-corrected chi connectivity index (χ0v) is 13.7. The SMILES string of the molecule is O=C(O)c1cccc(S(=O)(=O)NCCCCc2ccccc2F)c1. The van der Waals surface area contributed by atoms with E-state index in [9.17, 15) is 17.6 Å².